The van der Waals surface area contributed by atoms with E-state index in [1.54, 1.807) is 43.6 Å². The van der Waals surface area contributed by atoms with Crippen molar-refractivity contribution in [2.75, 3.05) is 12.4 Å². The maximum absolute atomic E-state index is 12.4. The second-order valence-electron chi connectivity index (χ2n) is 5.83. The van der Waals surface area contributed by atoms with Crippen LogP contribution in [0.1, 0.15) is 12.6 Å². The number of fused-ring (bicyclic) bond motifs is 1. The number of rotatable bonds is 6. The molecule has 1 atom stereocenters. The van der Waals surface area contributed by atoms with Gasteiger partial charge in [0.1, 0.15) is 11.4 Å². The van der Waals surface area contributed by atoms with Crippen molar-refractivity contribution >= 4 is 44.9 Å². The van der Waals surface area contributed by atoms with Gasteiger partial charge in [0.05, 0.1) is 18.1 Å². The Morgan fingerprint density at radius 3 is 2.74 bits per heavy atom. The Morgan fingerprint density at radius 2 is 2.04 bits per heavy atom. The predicted molar refractivity (Wildman–Crippen MR) is 112 cm³/mol. The number of hydrogen-bond acceptors (Lipinski definition) is 5. The van der Waals surface area contributed by atoms with Crippen molar-refractivity contribution in [3.8, 4) is 5.75 Å². The smallest absolute Gasteiger partial charge is 0.258 e. The van der Waals surface area contributed by atoms with E-state index in [4.69, 9.17) is 4.74 Å². The van der Waals surface area contributed by atoms with Gasteiger partial charge in [-0.3, -0.25) is 14.0 Å². The van der Waals surface area contributed by atoms with Crippen molar-refractivity contribution in [3.05, 3.63) is 69.2 Å². The van der Waals surface area contributed by atoms with E-state index < -0.39 is 0 Å². The van der Waals surface area contributed by atoms with E-state index in [2.05, 4.69) is 26.2 Å². The van der Waals surface area contributed by atoms with Gasteiger partial charge in [-0.2, -0.15) is 0 Å². The summed E-state index contributed by atoms with van der Waals surface area (Å²) in [5, 5.41) is 2.58. The summed E-state index contributed by atoms with van der Waals surface area (Å²) in [6.07, 6.45) is 1.69. The molecule has 0 fully saturated rings. The zero-order chi connectivity index (χ0) is 19.4. The van der Waals surface area contributed by atoms with Gasteiger partial charge in [0, 0.05) is 28.2 Å². The summed E-state index contributed by atoms with van der Waals surface area (Å²) < 4.78 is 7.40. The first-order valence-electron chi connectivity index (χ1n) is 8.20. The van der Waals surface area contributed by atoms with Gasteiger partial charge >= 0.3 is 0 Å². The highest BCUT2D eigenvalue weighted by molar-refractivity contribution is 9.10. The average molecular weight is 448 g/mol. The molecule has 0 aliphatic heterocycles. The summed E-state index contributed by atoms with van der Waals surface area (Å²) in [5.74, 6) is 1.10. The highest BCUT2D eigenvalue weighted by atomic mass is 79.9. The maximum Gasteiger partial charge on any atom is 0.258 e. The molecule has 0 aliphatic carbocycles. The second kappa shape index (κ2) is 8.58. The monoisotopic (exact) mass is 447 g/mol. The van der Waals surface area contributed by atoms with E-state index >= 15 is 0 Å². The van der Waals surface area contributed by atoms with Gasteiger partial charge in [0.15, 0.2) is 0 Å². The first-order chi connectivity index (χ1) is 13.0. The van der Waals surface area contributed by atoms with Crippen LogP contribution in [0.15, 0.2) is 57.9 Å². The van der Waals surface area contributed by atoms with E-state index in [9.17, 15) is 9.59 Å². The van der Waals surface area contributed by atoms with E-state index in [0.717, 1.165) is 10.2 Å². The number of ether oxygens (including phenoxy) is 1. The number of benzene rings is 1. The zero-order valence-corrected chi connectivity index (χ0v) is 17.2. The van der Waals surface area contributed by atoms with Gasteiger partial charge in [0.2, 0.25) is 5.91 Å². The molecule has 3 rings (SSSR count). The largest absolute Gasteiger partial charge is 0.497 e. The Kier molecular flexibility index (Phi) is 6.18. The van der Waals surface area contributed by atoms with Crippen LogP contribution in [0.4, 0.5) is 5.69 Å². The summed E-state index contributed by atoms with van der Waals surface area (Å²) >= 11 is 4.77. The minimum atomic E-state index is -0.294. The van der Waals surface area contributed by atoms with Crippen molar-refractivity contribution in [1.82, 2.24) is 9.38 Å². The van der Waals surface area contributed by atoms with Crippen LogP contribution in [0, 0.1) is 0 Å². The van der Waals surface area contributed by atoms with Crippen molar-refractivity contribution in [2.45, 2.75) is 17.9 Å². The second-order valence-corrected chi connectivity index (χ2v) is 8.08. The molecule has 2 heterocycles. The zero-order valence-electron chi connectivity index (χ0n) is 14.8. The quantitative estimate of drug-likeness (QED) is 0.622. The number of aromatic nitrogens is 2. The van der Waals surface area contributed by atoms with Gasteiger partial charge in [-0.15, -0.1) is 11.8 Å². The lowest BCUT2D eigenvalue weighted by atomic mass is 10.3. The molecule has 2 aromatic heterocycles. The number of carbonyl (C=O) groups excluding carboxylic acids is 1. The van der Waals surface area contributed by atoms with Crippen LogP contribution in [0.3, 0.4) is 0 Å². The Morgan fingerprint density at radius 1 is 1.30 bits per heavy atom. The fraction of sp³-hybridized carbons (Fsp3) is 0.211. The fourth-order valence-electron chi connectivity index (χ4n) is 2.40. The van der Waals surface area contributed by atoms with Crippen molar-refractivity contribution in [2.24, 2.45) is 0 Å². The number of nitrogens with zero attached hydrogens (tertiary/aromatic N) is 2. The average Bonchev–Trinajstić information content (AvgIpc) is 2.67. The molecule has 140 valence electrons. The third-order valence-corrected chi connectivity index (χ3v) is 5.53. The minimum absolute atomic E-state index is 0.105. The highest BCUT2D eigenvalue weighted by Crippen LogP contribution is 2.20. The minimum Gasteiger partial charge on any atom is -0.497 e. The molecular weight excluding hydrogens is 430 g/mol. The van der Waals surface area contributed by atoms with E-state index in [1.165, 1.54) is 22.2 Å². The number of thioether (sulfide) groups is 1. The number of pyridine rings is 1. The van der Waals surface area contributed by atoms with Gasteiger partial charge in [0.25, 0.3) is 5.56 Å². The van der Waals surface area contributed by atoms with Crippen LogP contribution in [-0.4, -0.2) is 27.7 Å². The summed E-state index contributed by atoms with van der Waals surface area (Å²) in [7, 11) is 1.60. The van der Waals surface area contributed by atoms with Crippen molar-refractivity contribution in [1.29, 1.82) is 0 Å². The fourth-order valence-corrected chi connectivity index (χ4v) is 3.52. The van der Waals surface area contributed by atoms with E-state index in [1.807, 2.05) is 13.0 Å². The number of carbonyl (C=O) groups is 1. The predicted octanol–water partition coefficient (Wildman–Crippen LogP) is 3.73. The molecule has 1 amide bonds. The van der Waals surface area contributed by atoms with Gasteiger partial charge < -0.3 is 10.1 Å². The van der Waals surface area contributed by atoms with Gasteiger partial charge in [-0.05, 0) is 59.3 Å². The lowest BCUT2D eigenvalue weighted by molar-refractivity contribution is -0.115. The maximum atomic E-state index is 12.4. The number of halogens is 1. The Bertz CT molecular complexity index is 1020. The number of methoxy groups -OCH3 is 1. The molecule has 0 saturated carbocycles. The number of amides is 1. The van der Waals surface area contributed by atoms with Crippen LogP contribution < -0.4 is 15.6 Å². The topological polar surface area (TPSA) is 72.7 Å². The molecule has 0 unspecified atom stereocenters. The normalized spacial score (nSPS) is 12.0. The standard InChI is InChI=1S/C19H18BrN3O3S/c1-12(19(25)22-14-4-6-16(26-2)7-5-14)27-11-15-9-18(24)23-10-13(20)3-8-17(23)21-15/h3-10,12H,11H2,1-2H3,(H,22,25)/t12-/m0/s1. The third-order valence-electron chi connectivity index (χ3n) is 3.88. The van der Waals surface area contributed by atoms with Crippen LogP contribution in [0.5, 0.6) is 5.75 Å². The third kappa shape index (κ3) is 4.90. The summed E-state index contributed by atoms with van der Waals surface area (Å²) in [6.45, 7) is 1.83. The summed E-state index contributed by atoms with van der Waals surface area (Å²) in [5.41, 5.74) is 1.79. The Labute approximate surface area is 169 Å². The molecule has 27 heavy (non-hydrogen) atoms. The molecule has 3 aromatic rings. The number of nitrogens with one attached hydrogen (secondary N) is 1. The van der Waals surface area contributed by atoms with Gasteiger partial charge in [-0.1, -0.05) is 0 Å². The molecular formula is C19H18BrN3O3S. The first-order valence-corrected chi connectivity index (χ1v) is 10.0. The number of hydrogen-bond donors (Lipinski definition) is 1. The summed E-state index contributed by atoms with van der Waals surface area (Å²) in [4.78, 5) is 29.1. The van der Waals surface area contributed by atoms with Crippen molar-refractivity contribution < 1.29 is 9.53 Å². The summed E-state index contributed by atoms with van der Waals surface area (Å²) in [6, 6.07) is 12.3. The molecule has 0 radical (unpaired) electrons. The first kappa shape index (κ1) is 19.4. The Hall–Kier alpha value is -2.32. The van der Waals surface area contributed by atoms with Crippen molar-refractivity contribution in [3.63, 3.8) is 0 Å². The van der Waals surface area contributed by atoms with Crippen LogP contribution >= 0.6 is 27.7 Å². The number of anilines is 1. The Balaban J connectivity index is 1.63. The van der Waals surface area contributed by atoms with E-state index in [0.29, 0.717) is 22.8 Å². The molecule has 0 bridgehead atoms. The van der Waals surface area contributed by atoms with Crippen LogP contribution in [0.25, 0.3) is 5.65 Å². The van der Waals surface area contributed by atoms with E-state index in [-0.39, 0.29) is 16.7 Å². The molecule has 8 heteroatoms. The highest BCUT2D eigenvalue weighted by Gasteiger charge is 2.15. The molecule has 1 aromatic carbocycles. The molecule has 0 aliphatic rings. The van der Waals surface area contributed by atoms with Crippen LogP contribution in [0.2, 0.25) is 0 Å². The molecule has 0 spiro atoms. The molecule has 0 saturated heterocycles. The van der Waals surface area contributed by atoms with Crippen LogP contribution in [-0.2, 0) is 10.5 Å². The lowest BCUT2D eigenvalue weighted by Gasteiger charge is -2.12. The molecule has 6 nitrogen and oxygen atoms in total. The lowest BCUT2D eigenvalue weighted by Crippen LogP contribution is -2.23. The molecule has 1 N–H and O–H groups in total. The van der Waals surface area contributed by atoms with Gasteiger partial charge in [-0.25, -0.2) is 4.98 Å². The SMILES string of the molecule is COc1ccc(NC(=O)[C@H](C)SCc2cc(=O)n3cc(Br)ccc3n2)cc1.